The lowest BCUT2D eigenvalue weighted by Gasteiger charge is -2.08. The fourth-order valence-corrected chi connectivity index (χ4v) is 4.97. The molecule has 0 unspecified atom stereocenters. The molecule has 0 saturated carbocycles. The summed E-state index contributed by atoms with van der Waals surface area (Å²) in [6, 6.07) is 13.3. The Morgan fingerprint density at radius 1 is 1.03 bits per heavy atom. The van der Waals surface area contributed by atoms with Crippen LogP contribution in [0.15, 0.2) is 64.8 Å². The maximum absolute atomic E-state index is 12.9. The van der Waals surface area contributed by atoms with Crippen LogP contribution in [-0.4, -0.2) is 29.3 Å². The molecule has 2 heterocycles. The minimum atomic E-state index is -3.91. The number of hydrogen-bond acceptors (Lipinski definition) is 8. The largest absolute Gasteiger partial charge is 0.396 e. The summed E-state index contributed by atoms with van der Waals surface area (Å²) in [5.41, 5.74) is 12.9. The first kappa shape index (κ1) is 19.0. The molecular weight excluding hydrogens is 410 g/mol. The van der Waals surface area contributed by atoms with Crippen LogP contribution in [-0.2, 0) is 21.1 Å². The molecule has 29 heavy (non-hydrogen) atoms. The van der Waals surface area contributed by atoms with Crippen LogP contribution in [0.5, 0.6) is 0 Å². The molecular formula is C19H15N5O3S2. The van der Waals surface area contributed by atoms with Crippen molar-refractivity contribution in [3.63, 3.8) is 0 Å². The van der Waals surface area contributed by atoms with Crippen LogP contribution in [0.4, 0.5) is 5.69 Å². The summed E-state index contributed by atoms with van der Waals surface area (Å²) in [7, 11) is -3.91. The predicted molar refractivity (Wildman–Crippen MR) is 110 cm³/mol. The van der Waals surface area contributed by atoms with E-state index in [1.54, 1.807) is 30.3 Å². The number of anilines is 1. The van der Waals surface area contributed by atoms with Gasteiger partial charge in [-0.05, 0) is 18.2 Å². The van der Waals surface area contributed by atoms with Crippen LogP contribution < -0.4 is 11.5 Å². The molecule has 4 rings (SSSR count). The number of rotatable bonds is 5. The lowest BCUT2D eigenvalue weighted by Crippen LogP contribution is -2.13. The number of nitrogens with two attached hydrogens (primary N) is 2. The Morgan fingerprint density at radius 2 is 1.79 bits per heavy atom. The molecule has 8 nitrogen and oxygen atoms in total. The van der Waals surface area contributed by atoms with Crippen molar-refractivity contribution in [3.8, 4) is 11.3 Å². The van der Waals surface area contributed by atoms with Gasteiger partial charge in [-0.3, -0.25) is 4.79 Å². The minimum Gasteiger partial charge on any atom is -0.396 e. The molecule has 146 valence electrons. The monoisotopic (exact) mass is 425 g/mol. The van der Waals surface area contributed by atoms with Crippen LogP contribution in [0.25, 0.3) is 21.5 Å². The highest BCUT2D eigenvalue weighted by molar-refractivity contribution is 7.91. The molecule has 4 N–H and O–H groups in total. The number of sulfone groups is 1. The zero-order valence-electron chi connectivity index (χ0n) is 14.9. The van der Waals surface area contributed by atoms with Crippen LogP contribution in [0.1, 0.15) is 5.01 Å². The number of nitrogens with zero attached hydrogens (tertiary/aromatic N) is 3. The van der Waals surface area contributed by atoms with Crippen molar-refractivity contribution in [1.29, 1.82) is 0 Å². The second-order valence-electron chi connectivity index (χ2n) is 6.18. The first-order valence-corrected chi connectivity index (χ1v) is 10.8. The number of carbonyl (C=O) groups excluding carboxylic acids is 1. The molecule has 0 fully saturated rings. The average molecular weight is 425 g/mol. The maximum Gasteiger partial charge on any atom is 0.252 e. The molecule has 0 aliphatic rings. The molecule has 0 atom stereocenters. The Hall–Kier alpha value is -3.37. The van der Waals surface area contributed by atoms with Gasteiger partial charge in [0.2, 0.25) is 15.7 Å². The smallest absolute Gasteiger partial charge is 0.252 e. The molecule has 2 aromatic carbocycles. The fraction of sp³-hybridized carbons (Fsp3) is 0.0526. The number of aromatic nitrogens is 3. The minimum absolute atomic E-state index is 0.0195. The summed E-state index contributed by atoms with van der Waals surface area (Å²) in [5, 5.41) is 0.210. The molecule has 0 spiro atoms. The first-order chi connectivity index (χ1) is 13.9. The lowest BCUT2D eigenvalue weighted by molar-refractivity contribution is -0.117. The quantitative estimate of drug-likeness (QED) is 0.467. The fourth-order valence-electron chi connectivity index (χ4n) is 2.84. The van der Waals surface area contributed by atoms with Crippen LogP contribution >= 0.6 is 11.3 Å². The summed E-state index contributed by atoms with van der Waals surface area (Å²) in [6.07, 6.45) is 1.29. The van der Waals surface area contributed by atoms with E-state index in [1.807, 2.05) is 6.07 Å². The summed E-state index contributed by atoms with van der Waals surface area (Å²) in [6.45, 7) is 0. The number of carbonyl (C=O) groups is 1. The van der Waals surface area contributed by atoms with Crippen molar-refractivity contribution in [2.45, 2.75) is 16.5 Å². The second kappa shape index (κ2) is 7.22. The highest BCUT2D eigenvalue weighted by Gasteiger charge is 2.23. The molecule has 4 aromatic rings. The molecule has 1 amide bonds. The summed E-state index contributed by atoms with van der Waals surface area (Å²) >= 11 is 1.33. The normalized spacial score (nSPS) is 11.6. The van der Waals surface area contributed by atoms with Gasteiger partial charge in [-0.25, -0.2) is 23.4 Å². The number of amides is 1. The number of fused-ring (bicyclic) bond motifs is 1. The van der Waals surface area contributed by atoms with Gasteiger partial charge in [-0.1, -0.05) is 30.3 Å². The van der Waals surface area contributed by atoms with E-state index >= 15 is 0 Å². The highest BCUT2D eigenvalue weighted by atomic mass is 32.2. The van der Waals surface area contributed by atoms with Gasteiger partial charge in [0.15, 0.2) is 0 Å². The van der Waals surface area contributed by atoms with Crippen molar-refractivity contribution in [2.24, 2.45) is 5.73 Å². The third kappa shape index (κ3) is 3.55. The van der Waals surface area contributed by atoms with Crippen molar-refractivity contribution in [1.82, 2.24) is 15.0 Å². The van der Waals surface area contributed by atoms with Crippen LogP contribution in [0.2, 0.25) is 0 Å². The Balaban J connectivity index is 1.87. The Kier molecular flexibility index (Phi) is 4.73. The summed E-state index contributed by atoms with van der Waals surface area (Å²) < 4.78 is 26.6. The third-order valence-electron chi connectivity index (χ3n) is 4.13. The van der Waals surface area contributed by atoms with E-state index in [1.165, 1.54) is 29.7 Å². The molecule has 0 bridgehead atoms. The molecule has 0 saturated heterocycles. The van der Waals surface area contributed by atoms with Gasteiger partial charge in [0.25, 0.3) is 5.16 Å². The van der Waals surface area contributed by atoms with Gasteiger partial charge < -0.3 is 11.5 Å². The number of para-hydroxylation sites is 1. The van der Waals surface area contributed by atoms with E-state index < -0.39 is 15.7 Å². The second-order valence-corrected chi connectivity index (χ2v) is 9.13. The van der Waals surface area contributed by atoms with Crippen molar-refractivity contribution >= 4 is 43.0 Å². The molecule has 0 aliphatic heterocycles. The molecule has 0 aliphatic carbocycles. The van der Waals surface area contributed by atoms with Crippen LogP contribution in [0, 0.1) is 0 Å². The van der Waals surface area contributed by atoms with Crippen LogP contribution in [0.3, 0.4) is 0 Å². The molecule has 0 radical (unpaired) electrons. The maximum atomic E-state index is 12.9. The first-order valence-electron chi connectivity index (χ1n) is 8.46. The van der Waals surface area contributed by atoms with Crippen molar-refractivity contribution in [3.05, 3.63) is 59.7 Å². The molecule has 2 aromatic heterocycles. The SMILES string of the molecule is NC(=O)Cc1nc2c(-c3nc(S(=O)(=O)c4ccccc4)ncc3N)cccc2s1. The zero-order valence-corrected chi connectivity index (χ0v) is 16.6. The third-order valence-corrected chi connectivity index (χ3v) is 6.72. The number of primary amides is 1. The Morgan fingerprint density at radius 3 is 2.52 bits per heavy atom. The number of benzene rings is 2. The topological polar surface area (TPSA) is 142 Å². The Bertz CT molecular complexity index is 1330. The van der Waals surface area contributed by atoms with E-state index in [4.69, 9.17) is 11.5 Å². The van der Waals surface area contributed by atoms with Gasteiger partial charge in [-0.15, -0.1) is 11.3 Å². The van der Waals surface area contributed by atoms with E-state index in [0.717, 1.165) is 4.70 Å². The van der Waals surface area contributed by atoms with E-state index in [2.05, 4.69) is 15.0 Å². The summed E-state index contributed by atoms with van der Waals surface area (Å²) in [5.74, 6) is -0.483. The van der Waals surface area contributed by atoms with E-state index in [9.17, 15) is 13.2 Å². The summed E-state index contributed by atoms with van der Waals surface area (Å²) in [4.78, 5) is 24.0. The van der Waals surface area contributed by atoms with Crippen molar-refractivity contribution in [2.75, 3.05) is 5.73 Å². The standard InChI is InChI=1S/C19H15N5O3S2/c20-13-10-22-19(29(26,27)11-5-2-1-3-6-11)24-17(13)12-7-4-8-14-18(12)23-16(28-14)9-15(21)25/h1-8,10H,9,20H2,(H2,21,25). The predicted octanol–water partition coefficient (Wildman–Crippen LogP) is 2.20. The van der Waals surface area contributed by atoms with Crippen molar-refractivity contribution < 1.29 is 13.2 Å². The Labute approximate surface area is 170 Å². The van der Waals surface area contributed by atoms with Gasteiger partial charge in [0, 0.05) is 5.56 Å². The van der Waals surface area contributed by atoms with Gasteiger partial charge in [0.05, 0.1) is 33.4 Å². The molecule has 10 heteroatoms. The lowest BCUT2D eigenvalue weighted by atomic mass is 10.1. The van der Waals surface area contributed by atoms with E-state index in [0.29, 0.717) is 16.1 Å². The van der Waals surface area contributed by atoms with Gasteiger partial charge in [0.1, 0.15) is 10.7 Å². The van der Waals surface area contributed by atoms with Gasteiger partial charge >= 0.3 is 0 Å². The number of hydrogen-bond donors (Lipinski definition) is 2. The number of nitrogen functional groups attached to an aromatic ring is 1. The highest BCUT2D eigenvalue weighted by Crippen LogP contribution is 2.34. The zero-order chi connectivity index (χ0) is 20.6. The van der Waals surface area contributed by atoms with E-state index in [-0.39, 0.29) is 27.9 Å². The number of thiazole rings is 1. The van der Waals surface area contributed by atoms with Gasteiger partial charge in [-0.2, -0.15) is 0 Å². The average Bonchev–Trinajstić information content (AvgIpc) is 3.10.